The van der Waals surface area contributed by atoms with Gasteiger partial charge in [-0.15, -0.1) is 0 Å². The molecule has 0 saturated carbocycles. The zero-order valence-corrected chi connectivity index (χ0v) is 11.5. The van der Waals surface area contributed by atoms with E-state index in [0.29, 0.717) is 18.9 Å². The highest BCUT2D eigenvalue weighted by atomic mass is 16.4. The number of nitrogens with zero attached hydrogens (tertiary/aromatic N) is 2. The van der Waals surface area contributed by atoms with Crippen LogP contribution < -0.4 is 10.6 Å². The van der Waals surface area contributed by atoms with Gasteiger partial charge in [0.1, 0.15) is 0 Å². The summed E-state index contributed by atoms with van der Waals surface area (Å²) >= 11 is 0. The minimum absolute atomic E-state index is 0.184. The third kappa shape index (κ3) is 7.42. The first-order chi connectivity index (χ1) is 9.58. The van der Waals surface area contributed by atoms with Crippen LogP contribution in [0, 0.1) is 5.92 Å². The molecule has 1 atom stereocenters. The Morgan fingerprint density at radius 1 is 1.30 bits per heavy atom. The number of carboxylic acids is 1. The topological polar surface area (TPSA) is 104 Å². The molecular weight excluding hydrogens is 260 g/mol. The molecule has 1 rings (SSSR count). The lowest BCUT2D eigenvalue weighted by Gasteiger charge is -2.10. The maximum absolute atomic E-state index is 11.5. The van der Waals surface area contributed by atoms with Crippen LogP contribution in [0.3, 0.4) is 0 Å². The fourth-order valence-corrected chi connectivity index (χ4v) is 1.60. The average Bonchev–Trinajstić information content (AvgIpc) is 2.42. The normalized spacial score (nSPS) is 11.8. The predicted molar refractivity (Wildman–Crippen MR) is 74.2 cm³/mol. The fraction of sp³-hybridized carbons (Fsp3) is 0.538. The van der Waals surface area contributed by atoms with Crippen LogP contribution >= 0.6 is 0 Å². The number of carbonyl (C=O) groups is 2. The summed E-state index contributed by atoms with van der Waals surface area (Å²) in [6.07, 6.45) is 4.79. The van der Waals surface area contributed by atoms with E-state index in [1.54, 1.807) is 18.5 Å². The van der Waals surface area contributed by atoms with E-state index in [0.717, 1.165) is 6.42 Å². The van der Waals surface area contributed by atoms with Gasteiger partial charge in [-0.05, 0) is 31.4 Å². The molecule has 7 nitrogen and oxygen atoms in total. The van der Waals surface area contributed by atoms with Crippen molar-refractivity contribution >= 4 is 17.8 Å². The number of hydrogen-bond acceptors (Lipinski definition) is 5. The van der Waals surface area contributed by atoms with Gasteiger partial charge in [-0.1, -0.05) is 6.92 Å². The molecule has 3 N–H and O–H groups in total. The van der Waals surface area contributed by atoms with E-state index in [1.807, 2.05) is 6.92 Å². The lowest BCUT2D eigenvalue weighted by molar-refractivity contribution is -0.137. The number of hydrogen-bond donors (Lipinski definition) is 3. The summed E-state index contributed by atoms with van der Waals surface area (Å²) in [5, 5.41) is 14.1. The Kier molecular flexibility index (Phi) is 7.20. The van der Waals surface area contributed by atoms with Gasteiger partial charge in [0.05, 0.1) is 6.54 Å². The maximum atomic E-state index is 11.5. The lowest BCUT2D eigenvalue weighted by atomic mass is 10.0. The van der Waals surface area contributed by atoms with Crippen molar-refractivity contribution < 1.29 is 14.7 Å². The number of aliphatic carboxylic acids is 1. The molecule has 0 radical (unpaired) electrons. The Hall–Kier alpha value is -2.02. The first kappa shape index (κ1) is 16.0. The van der Waals surface area contributed by atoms with Crippen molar-refractivity contribution in [3.05, 3.63) is 18.5 Å². The Morgan fingerprint density at radius 3 is 2.65 bits per heavy atom. The Bertz CT molecular complexity index is 425. The molecule has 0 aliphatic carbocycles. The van der Waals surface area contributed by atoms with Gasteiger partial charge in [0, 0.05) is 18.8 Å². The first-order valence-corrected chi connectivity index (χ1v) is 6.57. The van der Waals surface area contributed by atoms with Crippen LogP contribution in [0.5, 0.6) is 0 Å². The molecule has 7 heteroatoms. The van der Waals surface area contributed by atoms with Crippen LogP contribution in [0.15, 0.2) is 18.5 Å². The summed E-state index contributed by atoms with van der Waals surface area (Å²) in [7, 11) is 0. The van der Waals surface area contributed by atoms with Crippen LogP contribution in [0.2, 0.25) is 0 Å². The van der Waals surface area contributed by atoms with E-state index in [9.17, 15) is 9.59 Å². The lowest BCUT2D eigenvalue weighted by Crippen LogP contribution is -2.30. The third-order valence-electron chi connectivity index (χ3n) is 2.77. The number of nitrogens with one attached hydrogen (secondary N) is 2. The van der Waals surface area contributed by atoms with Gasteiger partial charge in [-0.25, -0.2) is 9.97 Å². The van der Waals surface area contributed by atoms with Gasteiger partial charge in [-0.3, -0.25) is 14.9 Å². The van der Waals surface area contributed by atoms with Gasteiger partial charge in [0.2, 0.25) is 11.9 Å². The largest absolute Gasteiger partial charge is 0.481 e. The molecule has 1 heterocycles. The first-order valence-electron chi connectivity index (χ1n) is 6.57. The molecule has 1 aromatic heterocycles. The molecule has 0 saturated heterocycles. The van der Waals surface area contributed by atoms with Crippen molar-refractivity contribution in [2.24, 2.45) is 5.92 Å². The number of carbonyl (C=O) groups excluding carboxylic acids is 1. The Labute approximate surface area is 117 Å². The van der Waals surface area contributed by atoms with Crippen molar-refractivity contribution in [3.63, 3.8) is 0 Å². The monoisotopic (exact) mass is 280 g/mol. The molecule has 0 aromatic carbocycles. The number of amides is 1. The summed E-state index contributed by atoms with van der Waals surface area (Å²) in [6, 6.07) is 1.67. The average molecular weight is 280 g/mol. The number of aromatic nitrogens is 2. The number of anilines is 1. The third-order valence-corrected chi connectivity index (χ3v) is 2.77. The van der Waals surface area contributed by atoms with Crippen molar-refractivity contribution in [1.29, 1.82) is 0 Å². The van der Waals surface area contributed by atoms with Crippen LogP contribution in [0.1, 0.15) is 26.2 Å². The molecule has 1 unspecified atom stereocenters. The van der Waals surface area contributed by atoms with E-state index in [2.05, 4.69) is 20.6 Å². The van der Waals surface area contributed by atoms with E-state index >= 15 is 0 Å². The zero-order valence-electron chi connectivity index (χ0n) is 11.5. The van der Waals surface area contributed by atoms with Gasteiger partial charge in [-0.2, -0.15) is 0 Å². The molecule has 1 aromatic rings. The second-order valence-corrected chi connectivity index (χ2v) is 4.62. The second-order valence-electron chi connectivity index (χ2n) is 4.62. The molecule has 0 fully saturated rings. The Morgan fingerprint density at radius 2 is 2.00 bits per heavy atom. The predicted octanol–water partition coefficient (Wildman–Crippen LogP) is 0.896. The molecule has 0 aliphatic heterocycles. The quantitative estimate of drug-likeness (QED) is 0.580. The van der Waals surface area contributed by atoms with E-state index in [-0.39, 0.29) is 24.8 Å². The second kappa shape index (κ2) is 8.98. The zero-order chi connectivity index (χ0) is 14.8. The standard InChI is InChI=1S/C13H20N4O3/c1-10(3-4-12(19)20)5-8-14-9-11(18)17-13-15-6-2-7-16-13/h2,6-7,10,14H,3-5,8-9H2,1H3,(H,19,20)(H,15,16,17,18). The summed E-state index contributed by atoms with van der Waals surface area (Å²) in [5.41, 5.74) is 0. The maximum Gasteiger partial charge on any atom is 0.303 e. The fourth-order valence-electron chi connectivity index (χ4n) is 1.60. The molecule has 0 bridgehead atoms. The molecular formula is C13H20N4O3. The molecule has 20 heavy (non-hydrogen) atoms. The van der Waals surface area contributed by atoms with E-state index < -0.39 is 5.97 Å². The summed E-state index contributed by atoms with van der Waals surface area (Å²) in [5.74, 6) is -0.366. The Balaban J connectivity index is 2.09. The number of carboxylic acid groups (broad SMARTS) is 1. The highest BCUT2D eigenvalue weighted by Crippen LogP contribution is 2.08. The van der Waals surface area contributed by atoms with Crippen LogP contribution in [-0.4, -0.2) is 40.0 Å². The smallest absolute Gasteiger partial charge is 0.303 e. The van der Waals surface area contributed by atoms with Gasteiger partial charge in [0.15, 0.2) is 0 Å². The van der Waals surface area contributed by atoms with Crippen LogP contribution in [0.25, 0.3) is 0 Å². The van der Waals surface area contributed by atoms with Crippen LogP contribution in [0.4, 0.5) is 5.95 Å². The highest BCUT2D eigenvalue weighted by molar-refractivity contribution is 5.90. The van der Waals surface area contributed by atoms with Crippen molar-refractivity contribution in [1.82, 2.24) is 15.3 Å². The summed E-state index contributed by atoms with van der Waals surface area (Å²) < 4.78 is 0. The van der Waals surface area contributed by atoms with Gasteiger partial charge < -0.3 is 10.4 Å². The van der Waals surface area contributed by atoms with Crippen molar-refractivity contribution in [2.45, 2.75) is 26.2 Å². The SMILES string of the molecule is CC(CCNCC(=O)Nc1ncccn1)CCC(=O)O. The molecule has 110 valence electrons. The molecule has 0 aliphatic rings. The minimum Gasteiger partial charge on any atom is -0.481 e. The summed E-state index contributed by atoms with van der Waals surface area (Å²) in [6.45, 7) is 2.86. The van der Waals surface area contributed by atoms with Gasteiger partial charge in [0.25, 0.3) is 0 Å². The van der Waals surface area contributed by atoms with Gasteiger partial charge >= 0.3 is 5.97 Å². The van der Waals surface area contributed by atoms with E-state index in [4.69, 9.17) is 5.11 Å². The highest BCUT2D eigenvalue weighted by Gasteiger charge is 2.06. The van der Waals surface area contributed by atoms with Crippen molar-refractivity contribution in [2.75, 3.05) is 18.4 Å². The minimum atomic E-state index is -0.771. The number of rotatable bonds is 9. The van der Waals surface area contributed by atoms with Crippen molar-refractivity contribution in [3.8, 4) is 0 Å². The summed E-state index contributed by atoms with van der Waals surface area (Å²) in [4.78, 5) is 29.7. The molecule has 1 amide bonds. The van der Waals surface area contributed by atoms with E-state index in [1.165, 1.54) is 0 Å². The van der Waals surface area contributed by atoms with Crippen LogP contribution in [-0.2, 0) is 9.59 Å². The molecule has 0 spiro atoms.